The number of hydrogen-bond acceptors (Lipinski definition) is 5. The standard InChI is InChI=1S/C21H21N5OS/c1-25-7-9-26(10-8-25)19-3-2-17(16-13-22-6-4-15(16)19)23-20(27)18-12-14-5-11-28-21(14)24-18/h2-6,11-13,24H,7-10H2,1H3,(H,23,27). The van der Waals surface area contributed by atoms with E-state index in [-0.39, 0.29) is 5.91 Å². The zero-order chi connectivity index (χ0) is 19.1. The number of nitrogens with one attached hydrogen (secondary N) is 2. The lowest BCUT2D eigenvalue weighted by atomic mass is 10.1. The van der Waals surface area contributed by atoms with E-state index in [0.717, 1.165) is 52.9 Å². The second-order valence-electron chi connectivity index (χ2n) is 7.19. The summed E-state index contributed by atoms with van der Waals surface area (Å²) in [7, 11) is 2.16. The highest BCUT2D eigenvalue weighted by Gasteiger charge is 2.18. The maximum atomic E-state index is 12.8. The minimum Gasteiger partial charge on any atom is -0.368 e. The minimum atomic E-state index is -0.138. The number of amides is 1. The lowest BCUT2D eigenvalue weighted by molar-refractivity contribution is 0.102. The first-order valence-corrected chi connectivity index (χ1v) is 10.2. The van der Waals surface area contributed by atoms with Crippen molar-refractivity contribution in [2.75, 3.05) is 43.4 Å². The number of nitrogens with zero attached hydrogens (tertiary/aromatic N) is 3. The molecule has 0 spiro atoms. The molecule has 4 heterocycles. The molecule has 1 aliphatic heterocycles. The summed E-state index contributed by atoms with van der Waals surface area (Å²) in [5, 5.41) is 8.21. The number of piperazine rings is 1. The predicted octanol–water partition coefficient (Wildman–Crippen LogP) is 3.78. The normalized spacial score (nSPS) is 15.4. The number of carbonyl (C=O) groups is 1. The molecule has 1 fully saturated rings. The van der Waals surface area contributed by atoms with E-state index in [4.69, 9.17) is 0 Å². The van der Waals surface area contributed by atoms with E-state index >= 15 is 0 Å². The van der Waals surface area contributed by atoms with Crippen LogP contribution in [0.1, 0.15) is 10.5 Å². The van der Waals surface area contributed by atoms with Crippen LogP contribution in [0.25, 0.3) is 21.0 Å². The molecule has 1 aliphatic rings. The van der Waals surface area contributed by atoms with Crippen LogP contribution in [0.15, 0.2) is 48.1 Å². The Kier molecular flexibility index (Phi) is 4.26. The first-order valence-electron chi connectivity index (χ1n) is 9.37. The van der Waals surface area contributed by atoms with Crippen molar-refractivity contribution in [2.45, 2.75) is 0 Å². The number of hydrogen-bond donors (Lipinski definition) is 2. The number of carbonyl (C=O) groups excluding carboxylic acids is 1. The van der Waals surface area contributed by atoms with Gasteiger partial charge in [-0.15, -0.1) is 11.3 Å². The van der Waals surface area contributed by atoms with Crippen molar-refractivity contribution in [3.8, 4) is 0 Å². The SMILES string of the molecule is CN1CCN(c2ccc(NC(=O)c3cc4ccsc4[nH]3)c3cnccc23)CC1. The summed E-state index contributed by atoms with van der Waals surface area (Å²) in [6, 6.07) is 10.0. The van der Waals surface area contributed by atoms with Crippen molar-refractivity contribution in [3.05, 3.63) is 53.8 Å². The second-order valence-corrected chi connectivity index (χ2v) is 8.10. The molecule has 7 heteroatoms. The summed E-state index contributed by atoms with van der Waals surface area (Å²) in [5.74, 6) is -0.138. The lowest BCUT2D eigenvalue weighted by Crippen LogP contribution is -2.44. The molecule has 0 radical (unpaired) electrons. The molecule has 0 unspecified atom stereocenters. The van der Waals surface area contributed by atoms with E-state index in [2.05, 4.69) is 38.2 Å². The average molecular weight is 392 g/mol. The number of benzene rings is 1. The molecule has 5 rings (SSSR count). The molecule has 1 amide bonds. The molecule has 1 aromatic carbocycles. The van der Waals surface area contributed by atoms with Gasteiger partial charge < -0.3 is 20.1 Å². The maximum Gasteiger partial charge on any atom is 0.272 e. The molecule has 28 heavy (non-hydrogen) atoms. The Bertz CT molecular complexity index is 1130. The van der Waals surface area contributed by atoms with Crippen molar-refractivity contribution >= 4 is 49.6 Å². The van der Waals surface area contributed by atoms with Crippen molar-refractivity contribution < 1.29 is 4.79 Å². The van der Waals surface area contributed by atoms with Crippen molar-refractivity contribution in [1.29, 1.82) is 0 Å². The van der Waals surface area contributed by atoms with Crippen LogP contribution in [-0.2, 0) is 0 Å². The van der Waals surface area contributed by atoms with Crippen LogP contribution in [0.4, 0.5) is 11.4 Å². The van der Waals surface area contributed by atoms with Crippen LogP contribution in [0.5, 0.6) is 0 Å². The van der Waals surface area contributed by atoms with Gasteiger partial charge in [0.1, 0.15) is 10.5 Å². The summed E-state index contributed by atoms with van der Waals surface area (Å²) in [6.45, 7) is 4.10. The zero-order valence-electron chi connectivity index (χ0n) is 15.6. The number of H-pyrrole nitrogens is 1. The number of fused-ring (bicyclic) bond motifs is 2. The van der Waals surface area contributed by atoms with Crippen molar-refractivity contribution in [2.24, 2.45) is 0 Å². The Balaban J connectivity index is 1.47. The van der Waals surface area contributed by atoms with Gasteiger partial charge in [-0.2, -0.15) is 0 Å². The van der Waals surface area contributed by atoms with Crippen LogP contribution in [0.2, 0.25) is 0 Å². The first-order chi connectivity index (χ1) is 13.7. The van der Waals surface area contributed by atoms with Gasteiger partial charge in [0.2, 0.25) is 0 Å². The van der Waals surface area contributed by atoms with Gasteiger partial charge in [-0.1, -0.05) is 0 Å². The molecular formula is C21H21N5OS. The number of rotatable bonds is 3. The summed E-state index contributed by atoms with van der Waals surface area (Å²) in [5.41, 5.74) is 2.55. The highest BCUT2D eigenvalue weighted by atomic mass is 32.1. The average Bonchev–Trinajstić information content (AvgIpc) is 3.31. The Hall–Kier alpha value is -2.90. The highest BCUT2D eigenvalue weighted by molar-refractivity contribution is 7.16. The van der Waals surface area contributed by atoms with E-state index in [1.807, 2.05) is 42.0 Å². The molecule has 3 aromatic heterocycles. The van der Waals surface area contributed by atoms with Gasteiger partial charge in [0.05, 0.1) is 5.69 Å². The number of pyridine rings is 1. The van der Waals surface area contributed by atoms with Gasteiger partial charge in [-0.05, 0) is 42.8 Å². The fourth-order valence-corrected chi connectivity index (χ4v) is 4.55. The fourth-order valence-electron chi connectivity index (χ4n) is 3.77. The third kappa shape index (κ3) is 3.02. The number of aromatic nitrogens is 2. The Labute approximate surface area is 166 Å². The van der Waals surface area contributed by atoms with E-state index < -0.39 is 0 Å². The lowest BCUT2D eigenvalue weighted by Gasteiger charge is -2.34. The topological polar surface area (TPSA) is 64.3 Å². The summed E-state index contributed by atoms with van der Waals surface area (Å²) in [6.07, 6.45) is 3.64. The third-order valence-corrected chi connectivity index (χ3v) is 6.22. The molecule has 0 atom stereocenters. The van der Waals surface area contributed by atoms with Gasteiger partial charge >= 0.3 is 0 Å². The van der Waals surface area contributed by atoms with E-state index in [1.54, 1.807) is 11.3 Å². The Morgan fingerprint density at radius 2 is 2.00 bits per heavy atom. The highest BCUT2D eigenvalue weighted by Crippen LogP contribution is 2.33. The Morgan fingerprint density at radius 1 is 1.14 bits per heavy atom. The van der Waals surface area contributed by atoms with Crippen LogP contribution in [0.3, 0.4) is 0 Å². The summed E-state index contributed by atoms with van der Waals surface area (Å²) >= 11 is 1.60. The van der Waals surface area contributed by atoms with Gasteiger partial charge in [-0.25, -0.2) is 0 Å². The van der Waals surface area contributed by atoms with Gasteiger partial charge in [0.25, 0.3) is 5.91 Å². The fraction of sp³-hybridized carbons (Fsp3) is 0.238. The summed E-state index contributed by atoms with van der Waals surface area (Å²) in [4.78, 5) is 26.0. The molecule has 142 valence electrons. The van der Waals surface area contributed by atoms with Gasteiger partial charge in [-0.3, -0.25) is 9.78 Å². The first kappa shape index (κ1) is 17.2. The molecule has 0 aliphatic carbocycles. The van der Waals surface area contributed by atoms with E-state index in [0.29, 0.717) is 5.69 Å². The third-order valence-electron chi connectivity index (χ3n) is 5.38. The monoisotopic (exact) mass is 391 g/mol. The molecular weight excluding hydrogens is 370 g/mol. The van der Waals surface area contributed by atoms with Crippen molar-refractivity contribution in [3.63, 3.8) is 0 Å². The largest absolute Gasteiger partial charge is 0.368 e. The molecule has 0 bridgehead atoms. The van der Waals surface area contributed by atoms with Gasteiger partial charge in [0.15, 0.2) is 0 Å². The molecule has 1 saturated heterocycles. The van der Waals surface area contributed by atoms with Crippen LogP contribution in [-0.4, -0.2) is 54.0 Å². The minimum absolute atomic E-state index is 0.138. The number of anilines is 2. The van der Waals surface area contributed by atoms with E-state index in [9.17, 15) is 4.79 Å². The number of likely N-dealkylation sites (N-methyl/N-ethyl adjacent to an activating group) is 1. The quantitative estimate of drug-likeness (QED) is 0.558. The number of aromatic amines is 1. The molecule has 2 N–H and O–H groups in total. The predicted molar refractivity (Wildman–Crippen MR) is 116 cm³/mol. The number of thiophene rings is 1. The van der Waals surface area contributed by atoms with Crippen molar-refractivity contribution in [1.82, 2.24) is 14.9 Å². The zero-order valence-corrected chi connectivity index (χ0v) is 16.4. The smallest absolute Gasteiger partial charge is 0.272 e. The van der Waals surface area contributed by atoms with Crippen LogP contribution >= 0.6 is 11.3 Å². The molecule has 0 saturated carbocycles. The second kappa shape index (κ2) is 6.92. The molecule has 6 nitrogen and oxygen atoms in total. The van der Waals surface area contributed by atoms with Crippen LogP contribution < -0.4 is 10.2 Å². The van der Waals surface area contributed by atoms with E-state index in [1.165, 1.54) is 5.69 Å². The Morgan fingerprint density at radius 3 is 2.82 bits per heavy atom. The van der Waals surface area contributed by atoms with Gasteiger partial charge in [0, 0.05) is 60.4 Å². The molecule has 4 aromatic rings. The summed E-state index contributed by atoms with van der Waals surface area (Å²) < 4.78 is 0. The van der Waals surface area contributed by atoms with Crippen LogP contribution in [0, 0.1) is 0 Å². The maximum absolute atomic E-state index is 12.8.